The summed E-state index contributed by atoms with van der Waals surface area (Å²) in [6.07, 6.45) is 4.08. The molecule has 0 aliphatic heterocycles. The van der Waals surface area contributed by atoms with Crippen LogP contribution < -0.4 is 14.2 Å². The Morgan fingerprint density at radius 1 is 0.714 bits per heavy atom. The van der Waals surface area contributed by atoms with Gasteiger partial charge in [0.1, 0.15) is 17.2 Å². The average molecular weight is 284 g/mol. The smallest absolute Gasteiger partial charge is 0.126 e. The predicted octanol–water partition coefficient (Wildman–Crippen LogP) is 4.19. The van der Waals surface area contributed by atoms with Gasteiger partial charge in [-0.25, -0.2) is 0 Å². The van der Waals surface area contributed by atoms with E-state index in [1.807, 2.05) is 55.5 Å². The van der Waals surface area contributed by atoms with Crippen LogP contribution in [0, 0.1) is 6.92 Å². The molecule has 110 valence electrons. The summed E-state index contributed by atoms with van der Waals surface area (Å²) < 4.78 is 15.9. The molecule has 3 nitrogen and oxygen atoms in total. The molecule has 2 aromatic rings. The number of rotatable bonds is 5. The van der Waals surface area contributed by atoms with Gasteiger partial charge in [0, 0.05) is 5.56 Å². The van der Waals surface area contributed by atoms with Gasteiger partial charge >= 0.3 is 0 Å². The standard InChI is InChI=1S/C18H20O3/c1-13-17(20-3)11-15(12-18(13)21-4)6-5-14-7-9-16(19-2)10-8-14/h5-12H,1-4H3/b6-5-. The van der Waals surface area contributed by atoms with Gasteiger partial charge < -0.3 is 14.2 Å². The van der Waals surface area contributed by atoms with Crippen molar-refractivity contribution < 1.29 is 14.2 Å². The Bertz CT molecular complexity index is 602. The molecule has 0 unspecified atom stereocenters. The molecule has 2 aromatic carbocycles. The van der Waals surface area contributed by atoms with Crippen molar-refractivity contribution in [1.29, 1.82) is 0 Å². The minimum absolute atomic E-state index is 0.823. The normalized spacial score (nSPS) is 10.7. The molecule has 0 heterocycles. The molecule has 0 fully saturated rings. The third kappa shape index (κ3) is 3.57. The lowest BCUT2D eigenvalue weighted by atomic mass is 10.1. The van der Waals surface area contributed by atoms with Crippen LogP contribution in [0.25, 0.3) is 12.2 Å². The van der Waals surface area contributed by atoms with Crippen LogP contribution in [0.4, 0.5) is 0 Å². The van der Waals surface area contributed by atoms with E-state index in [0.717, 1.165) is 33.9 Å². The zero-order chi connectivity index (χ0) is 15.2. The molecule has 0 spiro atoms. The van der Waals surface area contributed by atoms with Gasteiger partial charge in [-0.3, -0.25) is 0 Å². The van der Waals surface area contributed by atoms with E-state index in [1.54, 1.807) is 21.3 Å². The van der Waals surface area contributed by atoms with Crippen molar-refractivity contribution in [3.05, 3.63) is 53.1 Å². The minimum atomic E-state index is 0.823. The fourth-order valence-corrected chi connectivity index (χ4v) is 2.11. The maximum atomic E-state index is 5.38. The van der Waals surface area contributed by atoms with E-state index < -0.39 is 0 Å². The molecule has 2 rings (SSSR count). The van der Waals surface area contributed by atoms with E-state index in [9.17, 15) is 0 Å². The summed E-state index contributed by atoms with van der Waals surface area (Å²) in [6.45, 7) is 1.98. The van der Waals surface area contributed by atoms with Crippen LogP contribution >= 0.6 is 0 Å². The van der Waals surface area contributed by atoms with E-state index in [2.05, 4.69) is 0 Å². The molecule has 3 heteroatoms. The molecule has 0 saturated heterocycles. The Balaban J connectivity index is 2.27. The lowest BCUT2D eigenvalue weighted by Gasteiger charge is -2.11. The summed E-state index contributed by atoms with van der Waals surface area (Å²) in [5.74, 6) is 2.50. The fourth-order valence-electron chi connectivity index (χ4n) is 2.11. The van der Waals surface area contributed by atoms with Gasteiger partial charge in [0.25, 0.3) is 0 Å². The van der Waals surface area contributed by atoms with Gasteiger partial charge in [-0.2, -0.15) is 0 Å². The summed E-state index contributed by atoms with van der Waals surface area (Å²) in [5.41, 5.74) is 3.14. The first-order valence-electron chi connectivity index (χ1n) is 6.72. The number of ether oxygens (including phenoxy) is 3. The highest BCUT2D eigenvalue weighted by molar-refractivity contribution is 5.72. The first kappa shape index (κ1) is 15.0. The van der Waals surface area contributed by atoms with Gasteiger partial charge in [-0.05, 0) is 42.3 Å². The van der Waals surface area contributed by atoms with Crippen LogP contribution in [0.15, 0.2) is 36.4 Å². The van der Waals surface area contributed by atoms with Crippen molar-refractivity contribution in [3.63, 3.8) is 0 Å². The monoisotopic (exact) mass is 284 g/mol. The van der Waals surface area contributed by atoms with Crippen LogP contribution in [0.5, 0.6) is 17.2 Å². The van der Waals surface area contributed by atoms with Gasteiger partial charge in [0.2, 0.25) is 0 Å². The van der Waals surface area contributed by atoms with Gasteiger partial charge in [-0.1, -0.05) is 24.3 Å². The highest BCUT2D eigenvalue weighted by Crippen LogP contribution is 2.30. The quantitative estimate of drug-likeness (QED) is 0.770. The molecule has 0 radical (unpaired) electrons. The second kappa shape index (κ2) is 6.84. The molecule has 0 aliphatic rings. The van der Waals surface area contributed by atoms with Crippen LogP contribution in [-0.4, -0.2) is 21.3 Å². The number of benzene rings is 2. The van der Waals surface area contributed by atoms with Crippen LogP contribution in [0.2, 0.25) is 0 Å². The second-order valence-electron chi connectivity index (χ2n) is 4.66. The maximum Gasteiger partial charge on any atom is 0.126 e. The molecular formula is C18H20O3. The fraction of sp³-hybridized carbons (Fsp3) is 0.222. The molecule has 0 aliphatic carbocycles. The maximum absolute atomic E-state index is 5.38. The van der Waals surface area contributed by atoms with Gasteiger partial charge in [0.15, 0.2) is 0 Å². The Morgan fingerprint density at radius 2 is 1.24 bits per heavy atom. The van der Waals surface area contributed by atoms with Crippen molar-refractivity contribution >= 4 is 12.2 Å². The summed E-state index contributed by atoms with van der Waals surface area (Å²) in [7, 11) is 4.99. The van der Waals surface area contributed by atoms with Crippen molar-refractivity contribution in [2.45, 2.75) is 6.92 Å². The van der Waals surface area contributed by atoms with E-state index in [-0.39, 0.29) is 0 Å². The predicted molar refractivity (Wildman–Crippen MR) is 86.2 cm³/mol. The Labute approximate surface area is 125 Å². The molecule has 0 amide bonds. The largest absolute Gasteiger partial charge is 0.497 e. The van der Waals surface area contributed by atoms with Crippen LogP contribution in [0.1, 0.15) is 16.7 Å². The summed E-state index contributed by atoms with van der Waals surface area (Å²) >= 11 is 0. The van der Waals surface area contributed by atoms with E-state index in [4.69, 9.17) is 14.2 Å². The first-order valence-corrected chi connectivity index (χ1v) is 6.72. The third-order valence-electron chi connectivity index (χ3n) is 3.36. The lowest BCUT2D eigenvalue weighted by molar-refractivity contribution is 0.388. The van der Waals surface area contributed by atoms with E-state index >= 15 is 0 Å². The van der Waals surface area contributed by atoms with Crippen molar-refractivity contribution in [3.8, 4) is 17.2 Å². The van der Waals surface area contributed by atoms with E-state index in [0.29, 0.717) is 0 Å². The Morgan fingerprint density at radius 3 is 1.71 bits per heavy atom. The number of methoxy groups -OCH3 is 3. The zero-order valence-electron chi connectivity index (χ0n) is 12.8. The van der Waals surface area contributed by atoms with Gasteiger partial charge in [0.05, 0.1) is 21.3 Å². The molecule has 21 heavy (non-hydrogen) atoms. The zero-order valence-corrected chi connectivity index (χ0v) is 12.8. The SMILES string of the molecule is COc1ccc(/C=C\c2cc(OC)c(C)c(OC)c2)cc1. The first-order chi connectivity index (χ1) is 10.2. The van der Waals surface area contributed by atoms with Crippen molar-refractivity contribution in [2.24, 2.45) is 0 Å². The van der Waals surface area contributed by atoms with Crippen molar-refractivity contribution in [2.75, 3.05) is 21.3 Å². The topological polar surface area (TPSA) is 27.7 Å². The summed E-state index contributed by atoms with van der Waals surface area (Å²) in [6, 6.07) is 11.9. The third-order valence-corrected chi connectivity index (χ3v) is 3.36. The highest BCUT2D eigenvalue weighted by Gasteiger charge is 2.06. The average Bonchev–Trinajstić information content (AvgIpc) is 2.54. The van der Waals surface area contributed by atoms with E-state index in [1.165, 1.54) is 0 Å². The van der Waals surface area contributed by atoms with Crippen LogP contribution in [-0.2, 0) is 0 Å². The molecule has 0 aromatic heterocycles. The van der Waals surface area contributed by atoms with Gasteiger partial charge in [-0.15, -0.1) is 0 Å². The summed E-state index contributed by atoms with van der Waals surface area (Å²) in [5, 5.41) is 0. The summed E-state index contributed by atoms with van der Waals surface area (Å²) in [4.78, 5) is 0. The Kier molecular flexibility index (Phi) is 4.88. The minimum Gasteiger partial charge on any atom is -0.497 e. The molecule has 0 N–H and O–H groups in total. The molecular weight excluding hydrogens is 264 g/mol. The molecule has 0 saturated carbocycles. The Hall–Kier alpha value is -2.42. The second-order valence-corrected chi connectivity index (χ2v) is 4.66. The molecule has 0 atom stereocenters. The highest BCUT2D eigenvalue weighted by atomic mass is 16.5. The lowest BCUT2D eigenvalue weighted by Crippen LogP contribution is -1.93. The number of hydrogen-bond donors (Lipinski definition) is 0. The molecule has 0 bridgehead atoms. The van der Waals surface area contributed by atoms with Crippen LogP contribution in [0.3, 0.4) is 0 Å². The number of hydrogen-bond acceptors (Lipinski definition) is 3. The van der Waals surface area contributed by atoms with Crippen molar-refractivity contribution in [1.82, 2.24) is 0 Å².